The van der Waals surface area contributed by atoms with Crippen LogP contribution in [0.4, 0.5) is 0 Å². The van der Waals surface area contributed by atoms with Crippen LogP contribution in [0.1, 0.15) is 18.4 Å². The fourth-order valence-electron chi connectivity index (χ4n) is 1.94. The second kappa shape index (κ2) is 4.96. The van der Waals surface area contributed by atoms with Gasteiger partial charge in [-0.2, -0.15) is 0 Å². The van der Waals surface area contributed by atoms with Crippen molar-refractivity contribution in [2.45, 2.75) is 12.8 Å². The topological polar surface area (TPSA) is 71.4 Å². The highest BCUT2D eigenvalue weighted by Crippen LogP contribution is 2.20. The fraction of sp³-hybridized carbons (Fsp3) is 0.214. The molecule has 0 aliphatic heterocycles. The molecule has 2 rings (SSSR count). The molecule has 1 aliphatic carbocycles. The van der Waals surface area contributed by atoms with Crippen LogP contribution in [0.5, 0.6) is 5.75 Å². The van der Waals surface area contributed by atoms with E-state index >= 15 is 0 Å². The molecule has 1 aromatic rings. The highest BCUT2D eigenvalue weighted by Gasteiger charge is 2.37. The Morgan fingerprint density at radius 3 is 2.50 bits per heavy atom. The molecule has 0 bridgehead atoms. The van der Waals surface area contributed by atoms with Crippen molar-refractivity contribution >= 4 is 23.4 Å². The summed E-state index contributed by atoms with van der Waals surface area (Å²) in [4.78, 5) is 34.5. The average molecular weight is 244 g/mol. The third kappa shape index (κ3) is 2.53. The summed E-state index contributed by atoms with van der Waals surface area (Å²) in [5.74, 6) is -2.10. The molecule has 0 radical (unpaired) electrons. The van der Waals surface area contributed by atoms with Gasteiger partial charge in [0.15, 0.2) is 17.3 Å². The lowest BCUT2D eigenvalue weighted by atomic mass is 9.99. The highest BCUT2D eigenvalue weighted by molar-refractivity contribution is 6.26. The summed E-state index contributed by atoms with van der Waals surface area (Å²) in [6, 6.07) is 6.36. The number of rotatable bonds is 3. The summed E-state index contributed by atoms with van der Waals surface area (Å²) in [5.41, 5.74) is 0.640. The van der Waals surface area contributed by atoms with Crippen molar-refractivity contribution in [3.05, 3.63) is 35.9 Å². The van der Waals surface area contributed by atoms with E-state index in [9.17, 15) is 19.5 Å². The summed E-state index contributed by atoms with van der Waals surface area (Å²) >= 11 is 0. The molecule has 0 saturated heterocycles. The highest BCUT2D eigenvalue weighted by atomic mass is 16.3. The Labute approximate surface area is 104 Å². The summed E-state index contributed by atoms with van der Waals surface area (Å²) in [5, 5.41) is 9.25. The van der Waals surface area contributed by atoms with Crippen LogP contribution in [-0.2, 0) is 14.4 Å². The van der Waals surface area contributed by atoms with E-state index in [-0.39, 0.29) is 30.2 Å². The molecule has 1 fully saturated rings. The third-order valence-corrected chi connectivity index (χ3v) is 2.86. The fourth-order valence-corrected chi connectivity index (χ4v) is 1.94. The number of benzene rings is 1. The normalized spacial score (nSPS) is 16.7. The van der Waals surface area contributed by atoms with Gasteiger partial charge in [0.25, 0.3) is 0 Å². The maximum absolute atomic E-state index is 11.7. The number of hydrogen-bond donors (Lipinski definition) is 1. The molecule has 1 aromatic carbocycles. The van der Waals surface area contributed by atoms with Gasteiger partial charge in [0, 0.05) is 12.8 Å². The SMILES string of the molecule is O=C(C=Cc1cccc(O)c1)C1C(=O)CCC1=O. The van der Waals surface area contributed by atoms with Gasteiger partial charge >= 0.3 is 0 Å². The first kappa shape index (κ1) is 12.2. The van der Waals surface area contributed by atoms with E-state index in [0.717, 1.165) is 0 Å². The Kier molecular flexibility index (Phi) is 3.37. The van der Waals surface area contributed by atoms with Crippen LogP contribution < -0.4 is 0 Å². The standard InChI is InChI=1S/C14H12O4/c15-10-3-1-2-9(8-10)4-5-11(16)14-12(17)6-7-13(14)18/h1-5,8,14-15H,6-7H2. The van der Waals surface area contributed by atoms with E-state index in [1.807, 2.05) is 0 Å². The molecule has 0 heterocycles. The monoisotopic (exact) mass is 244 g/mol. The molecule has 0 unspecified atom stereocenters. The average Bonchev–Trinajstić information content (AvgIpc) is 2.66. The van der Waals surface area contributed by atoms with Gasteiger partial charge < -0.3 is 5.11 Å². The van der Waals surface area contributed by atoms with E-state index < -0.39 is 11.7 Å². The number of ketones is 3. The number of carbonyl (C=O) groups is 3. The first-order valence-electron chi connectivity index (χ1n) is 5.64. The summed E-state index contributed by atoms with van der Waals surface area (Å²) in [6.45, 7) is 0. The van der Waals surface area contributed by atoms with Crippen LogP contribution in [0.3, 0.4) is 0 Å². The molecule has 18 heavy (non-hydrogen) atoms. The number of allylic oxidation sites excluding steroid dienone is 1. The molecule has 0 spiro atoms. The van der Waals surface area contributed by atoms with Crippen LogP contribution in [-0.4, -0.2) is 22.5 Å². The van der Waals surface area contributed by atoms with E-state index in [1.165, 1.54) is 24.3 Å². The molecule has 0 atom stereocenters. The molecule has 92 valence electrons. The summed E-state index contributed by atoms with van der Waals surface area (Å²) in [7, 11) is 0. The Hall–Kier alpha value is -2.23. The first-order valence-corrected chi connectivity index (χ1v) is 5.64. The molecule has 0 amide bonds. The Bertz CT molecular complexity index is 526. The van der Waals surface area contributed by atoms with Gasteiger partial charge in [0.05, 0.1) is 0 Å². The predicted octanol–water partition coefficient (Wildman–Crippen LogP) is 1.52. The van der Waals surface area contributed by atoms with E-state index in [1.54, 1.807) is 12.1 Å². The Balaban J connectivity index is 2.12. The quantitative estimate of drug-likeness (QED) is 0.646. The van der Waals surface area contributed by atoms with Crippen molar-refractivity contribution in [1.29, 1.82) is 0 Å². The maximum atomic E-state index is 11.7. The van der Waals surface area contributed by atoms with Crippen molar-refractivity contribution in [2.75, 3.05) is 0 Å². The van der Waals surface area contributed by atoms with Gasteiger partial charge in [-0.1, -0.05) is 18.2 Å². The lowest BCUT2D eigenvalue weighted by Crippen LogP contribution is -2.23. The number of Topliss-reactive ketones (excluding diaryl/α,β-unsaturated/α-hetero) is 2. The van der Waals surface area contributed by atoms with Gasteiger partial charge in [-0.3, -0.25) is 14.4 Å². The minimum Gasteiger partial charge on any atom is -0.508 e. The Morgan fingerprint density at radius 1 is 1.22 bits per heavy atom. The number of aromatic hydroxyl groups is 1. The van der Waals surface area contributed by atoms with Crippen molar-refractivity contribution in [1.82, 2.24) is 0 Å². The second-order valence-electron chi connectivity index (χ2n) is 4.20. The minimum absolute atomic E-state index is 0.0950. The van der Waals surface area contributed by atoms with Gasteiger partial charge in [-0.25, -0.2) is 0 Å². The van der Waals surface area contributed by atoms with Crippen LogP contribution in [0.2, 0.25) is 0 Å². The molecule has 4 nitrogen and oxygen atoms in total. The smallest absolute Gasteiger partial charge is 0.173 e. The third-order valence-electron chi connectivity index (χ3n) is 2.86. The number of hydrogen-bond acceptors (Lipinski definition) is 4. The van der Waals surface area contributed by atoms with Gasteiger partial charge in [-0.05, 0) is 23.8 Å². The van der Waals surface area contributed by atoms with Crippen molar-refractivity contribution in [2.24, 2.45) is 5.92 Å². The van der Waals surface area contributed by atoms with Crippen LogP contribution in [0, 0.1) is 5.92 Å². The zero-order valence-electron chi connectivity index (χ0n) is 9.63. The molecule has 1 N–H and O–H groups in total. The lowest BCUT2D eigenvalue weighted by molar-refractivity contribution is -0.133. The number of phenolic OH excluding ortho intramolecular Hbond substituents is 1. The summed E-state index contributed by atoms with van der Waals surface area (Å²) in [6.07, 6.45) is 3.03. The predicted molar refractivity (Wildman–Crippen MR) is 64.9 cm³/mol. The second-order valence-corrected chi connectivity index (χ2v) is 4.20. The van der Waals surface area contributed by atoms with Gasteiger partial charge in [0.1, 0.15) is 11.7 Å². The van der Waals surface area contributed by atoms with Crippen LogP contribution in [0.25, 0.3) is 6.08 Å². The molecular formula is C14H12O4. The largest absolute Gasteiger partial charge is 0.508 e. The number of phenols is 1. The van der Waals surface area contributed by atoms with Crippen molar-refractivity contribution < 1.29 is 19.5 Å². The van der Waals surface area contributed by atoms with E-state index in [4.69, 9.17) is 0 Å². The Morgan fingerprint density at radius 2 is 1.89 bits per heavy atom. The molecule has 1 saturated carbocycles. The molecule has 0 aromatic heterocycles. The van der Waals surface area contributed by atoms with Crippen LogP contribution >= 0.6 is 0 Å². The number of carbonyl (C=O) groups excluding carboxylic acids is 3. The van der Waals surface area contributed by atoms with Gasteiger partial charge in [-0.15, -0.1) is 0 Å². The van der Waals surface area contributed by atoms with E-state index in [0.29, 0.717) is 5.56 Å². The molecule has 1 aliphatic rings. The van der Waals surface area contributed by atoms with Crippen molar-refractivity contribution in [3.8, 4) is 5.75 Å². The van der Waals surface area contributed by atoms with Crippen LogP contribution in [0.15, 0.2) is 30.3 Å². The minimum atomic E-state index is -1.11. The lowest BCUT2D eigenvalue weighted by Gasteiger charge is -2.00. The van der Waals surface area contributed by atoms with Gasteiger partial charge in [0.2, 0.25) is 0 Å². The van der Waals surface area contributed by atoms with E-state index in [2.05, 4.69) is 0 Å². The zero-order chi connectivity index (χ0) is 13.1. The first-order chi connectivity index (χ1) is 8.58. The molecule has 4 heteroatoms. The summed E-state index contributed by atoms with van der Waals surface area (Å²) < 4.78 is 0. The van der Waals surface area contributed by atoms with Crippen molar-refractivity contribution in [3.63, 3.8) is 0 Å². The zero-order valence-corrected chi connectivity index (χ0v) is 9.63. The molecular weight excluding hydrogens is 232 g/mol. The maximum Gasteiger partial charge on any atom is 0.173 e.